The number of aliphatic hydroxyl groups excluding tert-OH is 1. The number of hydrogen-bond acceptors (Lipinski definition) is 3. The molecule has 0 fully saturated rings. The van der Waals surface area contributed by atoms with Crippen LogP contribution in [0.3, 0.4) is 0 Å². The van der Waals surface area contributed by atoms with Crippen molar-refractivity contribution in [3.8, 4) is 0 Å². The summed E-state index contributed by atoms with van der Waals surface area (Å²) in [6.45, 7) is 5.54. The highest BCUT2D eigenvalue weighted by Gasteiger charge is 2.28. The van der Waals surface area contributed by atoms with Gasteiger partial charge in [-0.25, -0.2) is 4.79 Å². The van der Waals surface area contributed by atoms with Crippen LogP contribution in [0.5, 0.6) is 0 Å². The molecule has 0 saturated heterocycles. The molecule has 0 unspecified atom stereocenters. The fourth-order valence-electron chi connectivity index (χ4n) is 1.01. The molecule has 0 rings (SSSR count). The summed E-state index contributed by atoms with van der Waals surface area (Å²) >= 11 is 0. The lowest BCUT2D eigenvalue weighted by Crippen LogP contribution is -2.46. The Morgan fingerprint density at radius 2 is 1.94 bits per heavy atom. The molecular formula is C10H20N2O4. The summed E-state index contributed by atoms with van der Waals surface area (Å²) in [4.78, 5) is 23.8. The molecule has 0 spiro atoms. The van der Waals surface area contributed by atoms with Crippen LogP contribution in [0, 0.1) is 5.41 Å². The minimum absolute atomic E-state index is 0.0586. The van der Waals surface area contributed by atoms with Crippen LogP contribution in [0.25, 0.3) is 0 Å². The van der Waals surface area contributed by atoms with Gasteiger partial charge in [0.05, 0.1) is 12.0 Å². The van der Waals surface area contributed by atoms with Gasteiger partial charge in [-0.2, -0.15) is 0 Å². The summed E-state index contributed by atoms with van der Waals surface area (Å²) < 4.78 is 0. The number of amides is 2. The van der Waals surface area contributed by atoms with E-state index in [4.69, 9.17) is 10.2 Å². The third-order valence-corrected chi connectivity index (χ3v) is 2.30. The number of urea groups is 1. The quantitative estimate of drug-likeness (QED) is 0.607. The number of hydrogen-bond donors (Lipinski definition) is 3. The number of carboxylic acids is 1. The van der Waals surface area contributed by atoms with E-state index in [0.717, 1.165) is 0 Å². The molecule has 6 nitrogen and oxygen atoms in total. The monoisotopic (exact) mass is 232 g/mol. The third-order valence-electron chi connectivity index (χ3n) is 2.30. The maximum atomic E-state index is 11.5. The van der Waals surface area contributed by atoms with Crippen molar-refractivity contribution in [2.24, 2.45) is 5.41 Å². The lowest BCUT2D eigenvalue weighted by atomic mass is 9.94. The number of carbonyl (C=O) groups is 2. The van der Waals surface area contributed by atoms with Crippen LogP contribution in [0.15, 0.2) is 0 Å². The van der Waals surface area contributed by atoms with Crippen molar-refractivity contribution in [3.63, 3.8) is 0 Å². The fraction of sp³-hybridized carbons (Fsp3) is 0.800. The van der Waals surface area contributed by atoms with E-state index in [2.05, 4.69) is 5.32 Å². The van der Waals surface area contributed by atoms with Gasteiger partial charge in [0.2, 0.25) is 0 Å². The first-order valence-corrected chi connectivity index (χ1v) is 5.22. The van der Waals surface area contributed by atoms with E-state index >= 15 is 0 Å². The van der Waals surface area contributed by atoms with Crippen molar-refractivity contribution in [3.05, 3.63) is 0 Å². The normalized spacial score (nSPS) is 11.0. The van der Waals surface area contributed by atoms with Gasteiger partial charge in [-0.05, 0) is 20.8 Å². The van der Waals surface area contributed by atoms with Crippen LogP contribution in [0.4, 0.5) is 4.79 Å². The van der Waals surface area contributed by atoms with E-state index < -0.39 is 11.4 Å². The second-order valence-corrected chi connectivity index (χ2v) is 4.15. The summed E-state index contributed by atoms with van der Waals surface area (Å²) in [7, 11) is 0. The van der Waals surface area contributed by atoms with Gasteiger partial charge in [-0.1, -0.05) is 0 Å². The minimum Gasteiger partial charge on any atom is -0.481 e. The van der Waals surface area contributed by atoms with Crippen LogP contribution in [0.1, 0.15) is 20.8 Å². The molecule has 0 aliphatic carbocycles. The van der Waals surface area contributed by atoms with Gasteiger partial charge in [0.15, 0.2) is 0 Å². The van der Waals surface area contributed by atoms with Gasteiger partial charge in [0.1, 0.15) is 0 Å². The molecule has 0 atom stereocenters. The fourth-order valence-corrected chi connectivity index (χ4v) is 1.01. The Balaban J connectivity index is 4.19. The van der Waals surface area contributed by atoms with Crippen molar-refractivity contribution in [1.29, 1.82) is 0 Å². The molecule has 6 heteroatoms. The molecule has 0 heterocycles. The number of aliphatic carboxylic acids is 1. The summed E-state index contributed by atoms with van der Waals surface area (Å²) in [6.07, 6.45) is 0. The van der Waals surface area contributed by atoms with Gasteiger partial charge in [0.25, 0.3) is 0 Å². The van der Waals surface area contributed by atoms with Gasteiger partial charge in [0, 0.05) is 19.6 Å². The first-order valence-electron chi connectivity index (χ1n) is 5.22. The number of carboxylic acid groups (broad SMARTS) is 1. The molecule has 2 amide bonds. The van der Waals surface area contributed by atoms with E-state index in [0.29, 0.717) is 6.54 Å². The molecule has 0 radical (unpaired) electrons. The predicted octanol–water partition coefficient (Wildman–Crippen LogP) is 0.121. The Kier molecular flexibility index (Phi) is 5.81. The zero-order valence-corrected chi connectivity index (χ0v) is 9.99. The van der Waals surface area contributed by atoms with Gasteiger partial charge in [-0.3, -0.25) is 4.79 Å². The van der Waals surface area contributed by atoms with E-state index in [1.54, 1.807) is 6.92 Å². The lowest BCUT2D eigenvalue weighted by molar-refractivity contribution is -0.146. The van der Waals surface area contributed by atoms with E-state index in [9.17, 15) is 9.59 Å². The van der Waals surface area contributed by atoms with Crippen LogP contribution in [0.2, 0.25) is 0 Å². The Hall–Kier alpha value is -1.30. The first-order chi connectivity index (χ1) is 7.35. The maximum Gasteiger partial charge on any atom is 0.317 e. The summed E-state index contributed by atoms with van der Waals surface area (Å²) in [5.41, 5.74) is -0.992. The Labute approximate surface area is 95.2 Å². The summed E-state index contributed by atoms with van der Waals surface area (Å²) in [5.74, 6) is -0.960. The smallest absolute Gasteiger partial charge is 0.317 e. The van der Waals surface area contributed by atoms with Gasteiger partial charge in [-0.15, -0.1) is 0 Å². The van der Waals surface area contributed by atoms with Crippen molar-refractivity contribution in [1.82, 2.24) is 10.2 Å². The lowest BCUT2D eigenvalue weighted by Gasteiger charge is -2.24. The summed E-state index contributed by atoms with van der Waals surface area (Å²) in [6, 6.07) is -0.356. The molecule has 3 N–H and O–H groups in total. The van der Waals surface area contributed by atoms with Gasteiger partial charge < -0.3 is 20.4 Å². The Morgan fingerprint density at radius 1 is 1.38 bits per heavy atom. The largest absolute Gasteiger partial charge is 0.481 e. The van der Waals surface area contributed by atoms with E-state index in [-0.39, 0.29) is 25.7 Å². The van der Waals surface area contributed by atoms with E-state index in [1.807, 2.05) is 0 Å². The minimum atomic E-state index is -0.992. The topological polar surface area (TPSA) is 89.9 Å². The highest BCUT2D eigenvalue weighted by Crippen LogP contribution is 2.13. The van der Waals surface area contributed by atoms with Crippen molar-refractivity contribution < 1.29 is 19.8 Å². The maximum absolute atomic E-state index is 11.5. The average molecular weight is 232 g/mol. The second kappa shape index (κ2) is 6.32. The zero-order chi connectivity index (χ0) is 12.8. The average Bonchev–Trinajstić information content (AvgIpc) is 2.22. The van der Waals surface area contributed by atoms with Crippen LogP contribution in [-0.4, -0.2) is 53.4 Å². The molecule has 0 bridgehead atoms. The molecule has 94 valence electrons. The third kappa shape index (κ3) is 4.48. The number of carbonyl (C=O) groups excluding carboxylic acids is 1. The summed E-state index contributed by atoms with van der Waals surface area (Å²) in [5, 5.41) is 20.1. The molecule has 0 aliphatic heterocycles. The number of aliphatic hydroxyl groups is 1. The van der Waals surface area contributed by atoms with Crippen molar-refractivity contribution in [2.45, 2.75) is 20.8 Å². The molecule has 0 aromatic heterocycles. The molecule has 0 aromatic rings. The number of nitrogens with zero attached hydrogens (tertiary/aromatic N) is 1. The zero-order valence-electron chi connectivity index (χ0n) is 9.99. The van der Waals surface area contributed by atoms with Gasteiger partial charge >= 0.3 is 12.0 Å². The molecular weight excluding hydrogens is 212 g/mol. The number of likely N-dealkylation sites (N-methyl/N-ethyl adjacent to an activating group) is 1. The Morgan fingerprint density at radius 3 is 2.31 bits per heavy atom. The molecule has 0 aliphatic rings. The highest BCUT2D eigenvalue weighted by molar-refractivity contribution is 5.77. The molecule has 0 saturated carbocycles. The first kappa shape index (κ1) is 14.7. The van der Waals surface area contributed by atoms with Crippen LogP contribution >= 0.6 is 0 Å². The SMILES string of the molecule is CCN(CCO)C(=O)NCC(C)(C)C(=O)O. The highest BCUT2D eigenvalue weighted by atomic mass is 16.4. The molecule has 0 aromatic carbocycles. The number of nitrogens with one attached hydrogen (secondary N) is 1. The predicted molar refractivity (Wildman–Crippen MR) is 59.1 cm³/mol. The van der Waals surface area contributed by atoms with Crippen molar-refractivity contribution >= 4 is 12.0 Å². The standard InChI is InChI=1S/C10H20N2O4/c1-4-12(5-6-13)9(16)11-7-10(2,3)8(14)15/h13H,4-7H2,1-3H3,(H,11,16)(H,14,15). The Bertz CT molecular complexity index is 253. The van der Waals surface area contributed by atoms with Crippen LogP contribution < -0.4 is 5.32 Å². The second-order valence-electron chi connectivity index (χ2n) is 4.15. The van der Waals surface area contributed by atoms with Crippen LogP contribution in [-0.2, 0) is 4.79 Å². The number of rotatable bonds is 6. The van der Waals surface area contributed by atoms with Crippen molar-refractivity contribution in [2.75, 3.05) is 26.2 Å². The molecule has 16 heavy (non-hydrogen) atoms. The van der Waals surface area contributed by atoms with E-state index in [1.165, 1.54) is 18.7 Å².